The van der Waals surface area contributed by atoms with Crippen LogP contribution in [0.2, 0.25) is 0 Å². The summed E-state index contributed by atoms with van der Waals surface area (Å²) in [6.45, 7) is 17.3. The first-order chi connectivity index (χ1) is 39.4. The molecule has 26 nitrogen and oxygen atoms in total. The first-order valence-corrected chi connectivity index (χ1v) is 29.8. The zero-order valence-corrected chi connectivity index (χ0v) is 49.7. The molecule has 26 heteroatoms. The molecule has 0 aromatic heterocycles. The minimum absolute atomic E-state index is 0.0482. The second-order valence-corrected chi connectivity index (χ2v) is 27.0. The summed E-state index contributed by atoms with van der Waals surface area (Å²) in [5, 5.41) is 139. The second kappa shape index (κ2) is 25.7. The van der Waals surface area contributed by atoms with Crippen LogP contribution in [0.4, 0.5) is 0 Å². The van der Waals surface area contributed by atoms with Crippen LogP contribution in [-0.2, 0) is 57.0 Å². The smallest absolute Gasteiger partial charge is 0.335 e. The first kappa shape index (κ1) is 67.3. The summed E-state index contributed by atoms with van der Waals surface area (Å²) >= 11 is 0. The molecule has 6 unspecified atom stereocenters. The van der Waals surface area contributed by atoms with Crippen molar-refractivity contribution in [3.8, 4) is 0 Å². The maximum atomic E-state index is 13.6. The number of hydrogen-bond donors (Lipinski definition) is 14. The number of carboxylic acid groups (broad SMARTS) is 1. The van der Waals surface area contributed by atoms with Crippen molar-refractivity contribution in [3.05, 3.63) is 11.6 Å². The third-order valence-electron chi connectivity index (χ3n) is 21.9. The maximum Gasteiger partial charge on any atom is 0.335 e. The number of hydrogen-bond acceptors (Lipinski definition) is 25. The Labute approximate surface area is 489 Å². The van der Waals surface area contributed by atoms with E-state index in [1.807, 2.05) is 6.92 Å². The van der Waals surface area contributed by atoms with Gasteiger partial charge in [-0.1, -0.05) is 53.2 Å². The normalized spacial score (nSPS) is 48.2. The fraction of sp³-hybridized carbons (Fsp3) is 0.914. The molecule has 84 heavy (non-hydrogen) atoms. The van der Waals surface area contributed by atoms with Crippen molar-refractivity contribution in [1.82, 2.24) is 5.32 Å². The number of esters is 2. The van der Waals surface area contributed by atoms with Crippen LogP contribution < -0.4 is 5.32 Å². The van der Waals surface area contributed by atoms with Gasteiger partial charge in [-0.2, -0.15) is 0 Å². The van der Waals surface area contributed by atoms with Gasteiger partial charge in [0.15, 0.2) is 25.0 Å². The number of carbonyl (C=O) groups excluding carboxylic acids is 2. The number of ether oxygens (including phenoxy) is 9. The van der Waals surface area contributed by atoms with Gasteiger partial charge in [0.25, 0.3) is 0 Å². The number of nitrogens with one attached hydrogen (secondary N) is 1. The number of fused-ring (bicyclic) bond motifs is 7. The molecular formula is C58H95NO25. The molecule has 4 aliphatic heterocycles. The number of allylic oxidation sites excluding steroid dienone is 2. The van der Waals surface area contributed by atoms with Crippen molar-refractivity contribution < 1.29 is 123 Å². The lowest BCUT2D eigenvalue weighted by atomic mass is 9.33. The third-order valence-corrected chi connectivity index (χ3v) is 21.9. The van der Waals surface area contributed by atoms with Crippen molar-refractivity contribution >= 4 is 17.9 Å². The average molecular weight is 1210 g/mol. The minimum atomic E-state index is -2.09. The van der Waals surface area contributed by atoms with E-state index in [4.69, 9.17) is 52.8 Å². The Morgan fingerprint density at radius 1 is 0.738 bits per heavy atom. The van der Waals surface area contributed by atoms with E-state index in [0.717, 1.165) is 0 Å². The molecule has 4 saturated carbocycles. The highest BCUT2D eigenvalue weighted by molar-refractivity contribution is 5.74. The summed E-state index contributed by atoms with van der Waals surface area (Å²) in [7, 11) is 0. The van der Waals surface area contributed by atoms with Gasteiger partial charge < -0.3 is 114 Å². The van der Waals surface area contributed by atoms with Gasteiger partial charge in [-0.3, -0.25) is 9.59 Å². The van der Waals surface area contributed by atoms with E-state index in [2.05, 4.69) is 46.0 Å². The van der Waals surface area contributed by atoms with Crippen molar-refractivity contribution in [2.24, 2.45) is 56.2 Å². The van der Waals surface area contributed by atoms with Crippen LogP contribution in [0.1, 0.15) is 107 Å². The first-order valence-electron chi connectivity index (χ1n) is 29.8. The molecule has 0 amide bonds. The minimum Gasteiger partial charge on any atom is -0.479 e. The fourth-order valence-electron chi connectivity index (χ4n) is 16.8. The number of carboxylic acids is 1. The highest BCUT2D eigenvalue weighted by Crippen LogP contribution is 2.77. The van der Waals surface area contributed by atoms with Crippen LogP contribution in [0.15, 0.2) is 11.6 Å². The van der Waals surface area contributed by atoms with E-state index in [1.165, 1.54) is 12.5 Å². The highest BCUT2D eigenvalue weighted by Gasteiger charge is 2.76. The second-order valence-electron chi connectivity index (χ2n) is 27.0. The molecule has 0 aromatic rings. The molecule has 0 aromatic carbocycles. The van der Waals surface area contributed by atoms with E-state index in [0.29, 0.717) is 58.0 Å². The molecule has 0 radical (unpaired) electrons. The van der Waals surface area contributed by atoms with Crippen LogP contribution in [-0.4, -0.2) is 254 Å². The summed E-state index contributed by atoms with van der Waals surface area (Å²) in [5.41, 5.74) is -2.40. The molecule has 9 aliphatic rings. The number of aliphatic carboxylic acids is 1. The van der Waals surface area contributed by atoms with E-state index < -0.39 is 181 Å². The summed E-state index contributed by atoms with van der Waals surface area (Å²) in [4.78, 5) is 38.4. The molecule has 2 bridgehead atoms. The van der Waals surface area contributed by atoms with Gasteiger partial charge in [0.2, 0.25) is 0 Å². The molecule has 482 valence electrons. The third kappa shape index (κ3) is 11.6. The summed E-state index contributed by atoms with van der Waals surface area (Å²) in [6.07, 6.45) is -22.8. The average Bonchev–Trinajstić information content (AvgIpc) is 2.62. The van der Waals surface area contributed by atoms with Crippen LogP contribution in [0.25, 0.3) is 0 Å². The lowest BCUT2D eigenvalue weighted by molar-refractivity contribution is -0.387. The Balaban J connectivity index is 0.00000124. The summed E-state index contributed by atoms with van der Waals surface area (Å²) in [5.74, 6) is -3.82. The molecule has 28 atom stereocenters. The van der Waals surface area contributed by atoms with E-state index in [1.54, 1.807) is 13.8 Å². The van der Waals surface area contributed by atoms with Gasteiger partial charge in [-0.05, 0) is 98.2 Å². The zero-order valence-electron chi connectivity index (χ0n) is 49.7. The van der Waals surface area contributed by atoms with E-state index in [-0.39, 0.29) is 49.6 Å². The van der Waals surface area contributed by atoms with Crippen molar-refractivity contribution in [3.63, 3.8) is 0 Å². The van der Waals surface area contributed by atoms with Gasteiger partial charge in [-0.25, -0.2) is 4.79 Å². The van der Waals surface area contributed by atoms with Crippen molar-refractivity contribution in [1.29, 1.82) is 0 Å². The van der Waals surface area contributed by atoms with Gasteiger partial charge >= 0.3 is 17.9 Å². The molecule has 0 spiro atoms. The van der Waals surface area contributed by atoms with Gasteiger partial charge in [0, 0.05) is 25.4 Å². The van der Waals surface area contributed by atoms with E-state index in [9.17, 15) is 70.6 Å². The SMILES string of the molecule is CC(=O)OC(C)C(C)C(=O)OC[C@]12C3CC(C)(C)[C@@H](O[C@H]1C[C@]1(C)C3=CCC3[C@@]4(C)CC[C@H](O[C@@H]5O[C@H](C(=O)O)C(O[C@H]6O[C@H](CO)[C@@H](O)[C@H](O)[C@H]6O)[C@H](O)[C@H]5O[C@H]5OC[C@H](O)[C@@H](O)[C@@H]5O)[C@](C)(CO)C4CC[C@]31C)[C@H]2O.OCCNCCO. The maximum absolute atomic E-state index is 13.6. The lowest BCUT2D eigenvalue weighted by Gasteiger charge is -2.71. The van der Waals surface area contributed by atoms with Crippen LogP contribution in [0.3, 0.4) is 0 Å². The Morgan fingerprint density at radius 3 is 2.01 bits per heavy atom. The monoisotopic (exact) mass is 1210 g/mol. The number of carbonyl (C=O) groups is 3. The van der Waals surface area contributed by atoms with Crippen LogP contribution in [0, 0.1) is 56.2 Å². The van der Waals surface area contributed by atoms with Crippen LogP contribution >= 0.6 is 0 Å². The number of aliphatic hydroxyl groups is 12. The molecule has 4 saturated heterocycles. The Hall–Kier alpha value is -2.65. The van der Waals surface area contributed by atoms with Crippen LogP contribution in [0.5, 0.6) is 0 Å². The van der Waals surface area contributed by atoms with Gasteiger partial charge in [0.1, 0.15) is 73.8 Å². The predicted molar refractivity (Wildman–Crippen MR) is 288 cm³/mol. The highest BCUT2D eigenvalue weighted by atomic mass is 16.8. The predicted octanol–water partition coefficient (Wildman–Crippen LogP) is -2.03. The quantitative estimate of drug-likeness (QED) is 0.0305. The lowest BCUT2D eigenvalue weighted by Crippen LogP contribution is -2.69. The Bertz CT molecular complexity index is 2330. The molecule has 8 fully saturated rings. The van der Waals surface area contributed by atoms with E-state index >= 15 is 0 Å². The summed E-state index contributed by atoms with van der Waals surface area (Å²) in [6, 6.07) is 0. The molecule has 4 heterocycles. The molecule has 5 aliphatic carbocycles. The molecular weight excluding hydrogens is 1110 g/mol. The zero-order chi connectivity index (χ0) is 62.0. The Kier molecular flexibility index (Phi) is 20.6. The topological polar surface area (TPSA) is 409 Å². The standard InChI is InChI=1S/C54H84O23.C4H11NO2/c1-22(23(2)71-24(3)57)45(68)70-21-54-26-16-49(4,5)43(42(54)65)73-32(54)17-53(9)25(26)10-11-30-50(6)14-13-31(51(7,20-56)29(50)12-15-52(30,53)8)74-48-40(76-46-36(62)33(59)27(58)19-69-46)38(64)39(41(77-48)44(66)67)75-47-37(63)35(61)34(60)28(18-55)72-47;6-3-1-5-2-4-7/h10,22-23,26-43,46-48,55-56,58-65H,11-21H2,1-9H3,(H,66,67);5-7H,1-4H2/t22?,23?,26?,27-,28+,29?,30?,31-,32-,33+,34+,35-,36-,37+,38-,39?,40+,41-,42+,43-,46+,47+,48+,50-,51+,52+,53+,54-;/m0./s1. The van der Waals surface area contributed by atoms with Crippen molar-refractivity contribution in [2.75, 3.05) is 52.7 Å². The van der Waals surface area contributed by atoms with Gasteiger partial charge in [-0.15, -0.1) is 0 Å². The number of rotatable bonds is 18. The summed E-state index contributed by atoms with van der Waals surface area (Å²) < 4.78 is 54.3. The molecule has 14 N–H and O–H groups in total. The van der Waals surface area contributed by atoms with Crippen molar-refractivity contribution in [2.45, 2.75) is 224 Å². The Morgan fingerprint density at radius 2 is 1.39 bits per heavy atom. The number of aliphatic hydroxyl groups excluding tert-OH is 12. The van der Waals surface area contributed by atoms with Gasteiger partial charge in [0.05, 0.1) is 68.8 Å². The molecule has 9 rings (SSSR count). The fourth-order valence-corrected chi connectivity index (χ4v) is 16.8. The largest absolute Gasteiger partial charge is 0.479 e.